The van der Waals surface area contributed by atoms with Crippen LogP contribution in [0.2, 0.25) is 0 Å². The van der Waals surface area contributed by atoms with Gasteiger partial charge in [-0.05, 0) is 37.3 Å². The number of nitrogens with zero attached hydrogens (tertiary/aromatic N) is 4. The van der Waals surface area contributed by atoms with Crippen molar-refractivity contribution in [3.63, 3.8) is 0 Å². The number of nitrogens with one attached hydrogen (secondary N) is 3. The van der Waals surface area contributed by atoms with Gasteiger partial charge in [0.05, 0.1) is 23.0 Å². The maximum atomic E-state index is 16.1. The molecule has 5 aromatic rings. The lowest BCUT2D eigenvalue weighted by Gasteiger charge is -2.11. The van der Waals surface area contributed by atoms with E-state index in [1.54, 1.807) is 29.8 Å². The maximum Gasteiger partial charge on any atom is 0.184 e. The predicted molar refractivity (Wildman–Crippen MR) is 153 cm³/mol. The number of hydrogen-bond donors (Lipinski definition) is 3. The molecule has 0 unspecified atom stereocenters. The largest absolute Gasteiger partial charge is 0.358 e. The van der Waals surface area contributed by atoms with Gasteiger partial charge < -0.3 is 10.3 Å². The van der Waals surface area contributed by atoms with Gasteiger partial charge in [0.2, 0.25) is 0 Å². The van der Waals surface area contributed by atoms with Gasteiger partial charge >= 0.3 is 0 Å². The Balaban J connectivity index is 1.54. The summed E-state index contributed by atoms with van der Waals surface area (Å²) >= 11 is 1.62. The van der Waals surface area contributed by atoms with Gasteiger partial charge in [0.25, 0.3) is 0 Å². The molecule has 0 amide bonds. The molecule has 3 N–H and O–H groups in total. The zero-order chi connectivity index (χ0) is 26.6. The summed E-state index contributed by atoms with van der Waals surface area (Å²) in [6.45, 7) is 12.0. The molecule has 0 aromatic carbocycles. The number of aromatic nitrogens is 6. The average Bonchev–Trinajstić information content (AvgIpc) is 3.67. The summed E-state index contributed by atoms with van der Waals surface area (Å²) < 4.78 is 16.1. The first-order valence-electron chi connectivity index (χ1n) is 12.4. The van der Waals surface area contributed by atoms with Crippen LogP contribution in [0.1, 0.15) is 42.5 Å². The Hall–Kier alpha value is -4.37. The second kappa shape index (κ2) is 10.9. The summed E-state index contributed by atoms with van der Waals surface area (Å²) in [7, 11) is 0. The molecule has 0 aliphatic carbocycles. The lowest BCUT2D eigenvalue weighted by Crippen LogP contribution is -1.99. The first-order valence-corrected chi connectivity index (χ1v) is 13.2. The molecule has 0 atom stereocenters. The molecule has 9 heteroatoms. The molecule has 0 spiro atoms. The van der Waals surface area contributed by atoms with Crippen LogP contribution in [0, 0.1) is 12.7 Å². The van der Waals surface area contributed by atoms with Crippen LogP contribution in [-0.2, 0) is 0 Å². The van der Waals surface area contributed by atoms with Crippen molar-refractivity contribution in [3.8, 4) is 22.6 Å². The zero-order valence-corrected chi connectivity index (χ0v) is 22.1. The fourth-order valence-electron chi connectivity index (χ4n) is 4.30. The fourth-order valence-corrected chi connectivity index (χ4v) is 5.06. The van der Waals surface area contributed by atoms with E-state index in [0.29, 0.717) is 22.6 Å². The van der Waals surface area contributed by atoms with Gasteiger partial charge in [-0.2, -0.15) is 5.10 Å². The smallest absolute Gasteiger partial charge is 0.184 e. The summed E-state index contributed by atoms with van der Waals surface area (Å²) in [6, 6.07) is 5.87. The monoisotopic (exact) mass is 525 g/mol. The number of H-pyrrole nitrogens is 2. The van der Waals surface area contributed by atoms with Gasteiger partial charge in [0.1, 0.15) is 11.5 Å². The molecule has 0 radical (unpaired) electrons. The summed E-state index contributed by atoms with van der Waals surface area (Å²) in [6.07, 6.45) is 11.5. The SMILES string of the molecule is C=C/C=C(/c1cccs1)c1nc(-c2[nH]nc3ncc(-c4cncc(NC(=C)CCCC)c4)c(F)c23)[nH]c1C. The molecule has 0 saturated carbocycles. The molecule has 38 heavy (non-hydrogen) atoms. The second-order valence-electron chi connectivity index (χ2n) is 8.93. The lowest BCUT2D eigenvalue weighted by molar-refractivity contribution is 0.642. The number of rotatable bonds is 10. The van der Waals surface area contributed by atoms with Crippen LogP contribution in [-0.4, -0.2) is 30.1 Å². The third kappa shape index (κ3) is 4.92. The fraction of sp³-hybridized carbons (Fsp3) is 0.172. The molecule has 5 aromatic heterocycles. The van der Waals surface area contributed by atoms with Crippen molar-refractivity contribution in [1.82, 2.24) is 30.1 Å². The van der Waals surface area contributed by atoms with E-state index in [0.717, 1.165) is 52.5 Å². The zero-order valence-electron chi connectivity index (χ0n) is 21.3. The van der Waals surface area contributed by atoms with Crippen molar-refractivity contribution in [2.75, 3.05) is 5.32 Å². The van der Waals surface area contributed by atoms with Crippen molar-refractivity contribution in [1.29, 1.82) is 0 Å². The molecule has 0 saturated heterocycles. The van der Waals surface area contributed by atoms with Crippen molar-refractivity contribution in [2.24, 2.45) is 0 Å². The highest BCUT2D eigenvalue weighted by molar-refractivity contribution is 7.11. The van der Waals surface area contributed by atoms with E-state index in [9.17, 15) is 0 Å². The van der Waals surface area contributed by atoms with Crippen molar-refractivity contribution in [3.05, 3.63) is 95.3 Å². The summed E-state index contributed by atoms with van der Waals surface area (Å²) in [5, 5.41) is 12.7. The molecule has 7 nitrogen and oxygen atoms in total. The number of aromatic amines is 2. The minimum atomic E-state index is -0.446. The number of aryl methyl sites for hydroxylation is 1. The molecule has 0 fully saturated rings. The Kier molecular flexibility index (Phi) is 7.28. The van der Waals surface area contributed by atoms with Crippen molar-refractivity contribution in [2.45, 2.75) is 33.1 Å². The first kappa shape index (κ1) is 25.3. The minimum absolute atomic E-state index is 0.263. The van der Waals surface area contributed by atoms with Gasteiger partial charge in [-0.25, -0.2) is 14.4 Å². The van der Waals surface area contributed by atoms with E-state index in [2.05, 4.69) is 50.5 Å². The van der Waals surface area contributed by atoms with Gasteiger partial charge in [0.15, 0.2) is 11.5 Å². The van der Waals surface area contributed by atoms with E-state index in [1.807, 2.05) is 36.6 Å². The van der Waals surface area contributed by atoms with Gasteiger partial charge in [-0.3, -0.25) is 10.1 Å². The Morgan fingerprint density at radius 3 is 2.89 bits per heavy atom. The number of imidazole rings is 1. The number of pyridine rings is 2. The van der Waals surface area contributed by atoms with Crippen LogP contribution in [0.3, 0.4) is 0 Å². The number of thiophene rings is 1. The standard InChI is InChI=1S/C29H28FN7S/c1-5-7-10-17(3)33-20-13-19(14-31-15-20)22-16-32-28-24(25(22)30)27(36-37-28)29-34-18(4)26(35-29)21(9-6-2)23-11-8-12-38-23/h6,8-9,11-16,33H,2-3,5,7,10H2,1,4H3,(H,34,35)(H,32,36,37)/b21-9-. The Morgan fingerprint density at radius 2 is 2.13 bits per heavy atom. The van der Waals surface area contributed by atoms with E-state index < -0.39 is 5.82 Å². The molecule has 5 heterocycles. The summed E-state index contributed by atoms with van der Waals surface area (Å²) in [5.41, 5.74) is 5.82. The van der Waals surface area contributed by atoms with E-state index >= 15 is 4.39 Å². The first-order chi connectivity index (χ1) is 18.5. The number of halogens is 1. The third-order valence-electron chi connectivity index (χ3n) is 6.17. The highest BCUT2D eigenvalue weighted by Gasteiger charge is 2.22. The molecule has 0 aliphatic heterocycles. The average molecular weight is 526 g/mol. The topological polar surface area (TPSA) is 95.2 Å². The lowest BCUT2D eigenvalue weighted by atomic mass is 10.1. The summed E-state index contributed by atoms with van der Waals surface area (Å²) in [5.74, 6) is 0.0309. The van der Waals surface area contributed by atoms with E-state index in [4.69, 9.17) is 4.98 Å². The van der Waals surface area contributed by atoms with Crippen molar-refractivity contribution < 1.29 is 4.39 Å². The van der Waals surface area contributed by atoms with Gasteiger partial charge in [-0.15, -0.1) is 11.3 Å². The van der Waals surface area contributed by atoms with Gasteiger partial charge in [-0.1, -0.05) is 44.7 Å². The van der Waals surface area contributed by atoms with Gasteiger partial charge in [0, 0.05) is 45.4 Å². The minimum Gasteiger partial charge on any atom is -0.358 e. The Labute approximate surface area is 224 Å². The highest BCUT2D eigenvalue weighted by atomic mass is 32.1. The highest BCUT2D eigenvalue weighted by Crippen LogP contribution is 2.35. The van der Waals surface area contributed by atoms with E-state index in [-0.39, 0.29) is 11.0 Å². The van der Waals surface area contributed by atoms with Crippen LogP contribution in [0.15, 0.2) is 73.2 Å². The van der Waals surface area contributed by atoms with Crippen LogP contribution in [0.4, 0.5) is 10.1 Å². The number of hydrogen-bond acceptors (Lipinski definition) is 6. The maximum absolute atomic E-state index is 16.1. The molecule has 5 rings (SSSR count). The molecular weight excluding hydrogens is 497 g/mol. The molecule has 0 aliphatic rings. The number of anilines is 1. The predicted octanol–water partition coefficient (Wildman–Crippen LogP) is 7.65. The normalized spacial score (nSPS) is 11.7. The Bertz CT molecular complexity index is 1640. The molecule has 0 bridgehead atoms. The number of fused-ring (bicyclic) bond motifs is 1. The van der Waals surface area contributed by atoms with E-state index in [1.165, 1.54) is 6.20 Å². The van der Waals surface area contributed by atoms with Crippen LogP contribution < -0.4 is 5.32 Å². The number of allylic oxidation sites excluding steroid dienone is 3. The van der Waals surface area contributed by atoms with Crippen LogP contribution in [0.5, 0.6) is 0 Å². The van der Waals surface area contributed by atoms with Crippen LogP contribution >= 0.6 is 11.3 Å². The quantitative estimate of drug-likeness (QED) is 0.163. The summed E-state index contributed by atoms with van der Waals surface area (Å²) in [4.78, 5) is 17.9. The third-order valence-corrected chi connectivity index (χ3v) is 7.07. The Morgan fingerprint density at radius 1 is 1.26 bits per heavy atom. The van der Waals surface area contributed by atoms with Crippen LogP contribution in [0.25, 0.3) is 39.3 Å². The molecule has 192 valence electrons. The number of unbranched alkanes of at least 4 members (excludes halogenated alkanes) is 1. The van der Waals surface area contributed by atoms with Crippen molar-refractivity contribution >= 4 is 33.6 Å². The molecular formula is C29H28FN7S. The second-order valence-corrected chi connectivity index (χ2v) is 9.88.